The summed E-state index contributed by atoms with van der Waals surface area (Å²) in [7, 11) is 0. The zero-order chi connectivity index (χ0) is 15.5. The number of hydrogen-bond acceptors (Lipinski definition) is 2. The molecule has 6 heteroatoms. The first-order chi connectivity index (χ1) is 10.2. The summed E-state index contributed by atoms with van der Waals surface area (Å²) < 4.78 is 0.972. The fourth-order valence-corrected chi connectivity index (χ4v) is 1.77. The Labute approximate surface area is 133 Å². The standard InChI is InChI=1S/C15H19BrN4O/c1-3-10-18-15(17-4-2)19-11-9-14(21)20-13-7-5-12(16)6-8-13/h1,5-8H,4,9-11H2,2H3,(H,20,21)(H2,17,18,19). The number of terminal acetylenes is 1. The van der Waals surface area contributed by atoms with E-state index in [-0.39, 0.29) is 5.91 Å². The van der Waals surface area contributed by atoms with Crippen molar-refractivity contribution < 1.29 is 4.79 Å². The van der Waals surface area contributed by atoms with Gasteiger partial charge >= 0.3 is 0 Å². The molecule has 0 spiro atoms. The Hall–Kier alpha value is -2.00. The molecule has 0 bridgehead atoms. The number of halogens is 1. The van der Waals surface area contributed by atoms with Gasteiger partial charge in [-0.25, -0.2) is 0 Å². The van der Waals surface area contributed by atoms with Crippen LogP contribution in [0.1, 0.15) is 13.3 Å². The first-order valence-corrected chi connectivity index (χ1v) is 7.46. The van der Waals surface area contributed by atoms with Gasteiger partial charge in [-0.2, -0.15) is 0 Å². The van der Waals surface area contributed by atoms with Crippen LogP contribution in [0.5, 0.6) is 0 Å². The van der Waals surface area contributed by atoms with Gasteiger partial charge in [0.15, 0.2) is 5.96 Å². The fraction of sp³-hybridized carbons (Fsp3) is 0.333. The molecule has 0 radical (unpaired) electrons. The Bertz CT molecular complexity index is 519. The van der Waals surface area contributed by atoms with E-state index in [9.17, 15) is 4.79 Å². The molecule has 21 heavy (non-hydrogen) atoms. The quantitative estimate of drug-likeness (QED) is 0.417. The minimum absolute atomic E-state index is 0.0751. The lowest BCUT2D eigenvalue weighted by Gasteiger charge is -2.09. The smallest absolute Gasteiger partial charge is 0.226 e. The average Bonchev–Trinajstić information content (AvgIpc) is 2.47. The zero-order valence-corrected chi connectivity index (χ0v) is 13.5. The van der Waals surface area contributed by atoms with Gasteiger partial charge in [0.25, 0.3) is 0 Å². The summed E-state index contributed by atoms with van der Waals surface area (Å²) >= 11 is 3.35. The number of aliphatic imine (C=N–C) groups is 1. The lowest BCUT2D eigenvalue weighted by atomic mass is 10.3. The van der Waals surface area contributed by atoms with Gasteiger partial charge in [-0.1, -0.05) is 21.9 Å². The van der Waals surface area contributed by atoms with Gasteiger partial charge in [0.2, 0.25) is 5.91 Å². The number of benzene rings is 1. The SMILES string of the molecule is C#CCNC(=NCCC(=O)Nc1ccc(Br)cc1)NCC. The molecular weight excluding hydrogens is 332 g/mol. The highest BCUT2D eigenvalue weighted by Crippen LogP contribution is 2.14. The number of nitrogens with one attached hydrogen (secondary N) is 3. The fourth-order valence-electron chi connectivity index (χ4n) is 1.50. The van der Waals surface area contributed by atoms with Gasteiger partial charge in [-0.3, -0.25) is 9.79 Å². The molecule has 1 aromatic carbocycles. The van der Waals surface area contributed by atoms with Crippen molar-refractivity contribution in [3.8, 4) is 12.3 Å². The number of nitrogens with zero attached hydrogens (tertiary/aromatic N) is 1. The summed E-state index contributed by atoms with van der Waals surface area (Å²) in [6.45, 7) is 3.49. The van der Waals surface area contributed by atoms with E-state index >= 15 is 0 Å². The molecule has 0 saturated carbocycles. The maximum Gasteiger partial charge on any atom is 0.226 e. The Morgan fingerprint density at radius 3 is 2.67 bits per heavy atom. The van der Waals surface area contributed by atoms with Gasteiger partial charge in [0.1, 0.15) is 0 Å². The summed E-state index contributed by atoms with van der Waals surface area (Å²) in [5.74, 6) is 3.02. The molecule has 0 aromatic heterocycles. The molecule has 112 valence electrons. The van der Waals surface area contributed by atoms with E-state index in [0.717, 1.165) is 16.7 Å². The number of hydrogen-bond donors (Lipinski definition) is 3. The number of carbonyl (C=O) groups is 1. The van der Waals surface area contributed by atoms with Gasteiger partial charge in [-0.15, -0.1) is 6.42 Å². The van der Waals surface area contributed by atoms with Crippen molar-refractivity contribution in [2.24, 2.45) is 4.99 Å². The second kappa shape index (κ2) is 9.83. The molecule has 3 N–H and O–H groups in total. The van der Waals surface area contributed by atoms with E-state index in [4.69, 9.17) is 6.42 Å². The number of amides is 1. The van der Waals surface area contributed by atoms with Crippen molar-refractivity contribution in [3.05, 3.63) is 28.7 Å². The molecule has 0 atom stereocenters. The van der Waals surface area contributed by atoms with Crippen molar-refractivity contribution in [1.29, 1.82) is 0 Å². The normalized spacial score (nSPS) is 10.6. The number of anilines is 1. The molecule has 0 aliphatic heterocycles. The minimum atomic E-state index is -0.0751. The van der Waals surface area contributed by atoms with Gasteiger partial charge in [-0.05, 0) is 31.2 Å². The van der Waals surface area contributed by atoms with Crippen LogP contribution in [-0.2, 0) is 4.79 Å². The van der Waals surface area contributed by atoms with Crippen molar-refractivity contribution in [2.45, 2.75) is 13.3 Å². The molecule has 0 aliphatic carbocycles. The van der Waals surface area contributed by atoms with Crippen LogP contribution in [0.3, 0.4) is 0 Å². The highest BCUT2D eigenvalue weighted by molar-refractivity contribution is 9.10. The molecule has 0 aliphatic rings. The van der Waals surface area contributed by atoms with Crippen LogP contribution < -0.4 is 16.0 Å². The highest BCUT2D eigenvalue weighted by atomic mass is 79.9. The topological polar surface area (TPSA) is 65.5 Å². The third-order valence-corrected chi connectivity index (χ3v) is 2.97. The van der Waals surface area contributed by atoms with Crippen LogP contribution in [-0.4, -0.2) is 31.5 Å². The van der Waals surface area contributed by atoms with E-state index in [1.54, 1.807) is 0 Å². The summed E-state index contributed by atoms with van der Waals surface area (Å²) in [4.78, 5) is 16.1. The summed E-state index contributed by atoms with van der Waals surface area (Å²) in [5.41, 5.74) is 0.768. The van der Waals surface area contributed by atoms with Crippen LogP contribution >= 0.6 is 15.9 Å². The van der Waals surface area contributed by atoms with Crippen LogP contribution in [0.25, 0.3) is 0 Å². The van der Waals surface area contributed by atoms with Gasteiger partial charge in [0.05, 0.1) is 13.1 Å². The summed E-state index contributed by atoms with van der Waals surface area (Å²) in [6.07, 6.45) is 5.49. The van der Waals surface area contributed by atoms with Crippen molar-refractivity contribution >= 4 is 33.5 Å². The summed E-state index contributed by atoms with van der Waals surface area (Å²) in [5, 5.41) is 8.84. The number of guanidine groups is 1. The lowest BCUT2D eigenvalue weighted by Crippen LogP contribution is -2.37. The molecule has 5 nitrogen and oxygen atoms in total. The molecule has 1 rings (SSSR count). The highest BCUT2D eigenvalue weighted by Gasteiger charge is 2.02. The zero-order valence-electron chi connectivity index (χ0n) is 11.9. The van der Waals surface area contributed by atoms with E-state index in [0.29, 0.717) is 25.5 Å². The Balaban J connectivity index is 2.40. The van der Waals surface area contributed by atoms with Crippen molar-refractivity contribution in [1.82, 2.24) is 10.6 Å². The predicted octanol–water partition coefficient (Wildman–Crippen LogP) is 1.97. The molecule has 1 amide bonds. The first-order valence-electron chi connectivity index (χ1n) is 6.66. The van der Waals surface area contributed by atoms with E-state index in [1.807, 2.05) is 31.2 Å². The van der Waals surface area contributed by atoms with Crippen molar-refractivity contribution in [3.63, 3.8) is 0 Å². The maximum absolute atomic E-state index is 11.8. The van der Waals surface area contributed by atoms with E-state index in [2.05, 4.69) is 42.8 Å². The second-order valence-corrected chi connectivity index (χ2v) is 5.04. The predicted molar refractivity (Wildman–Crippen MR) is 90.2 cm³/mol. The Kier molecular flexibility index (Phi) is 7.99. The van der Waals surface area contributed by atoms with Crippen LogP contribution in [0.15, 0.2) is 33.7 Å². The van der Waals surface area contributed by atoms with Gasteiger partial charge < -0.3 is 16.0 Å². The molecular formula is C15H19BrN4O. The first kappa shape index (κ1) is 17.1. The molecule has 1 aromatic rings. The van der Waals surface area contributed by atoms with Crippen molar-refractivity contribution in [2.75, 3.05) is 25.0 Å². The Morgan fingerprint density at radius 2 is 2.05 bits per heavy atom. The van der Waals surface area contributed by atoms with E-state index in [1.165, 1.54) is 0 Å². The minimum Gasteiger partial charge on any atom is -0.357 e. The largest absolute Gasteiger partial charge is 0.357 e. The third-order valence-electron chi connectivity index (χ3n) is 2.44. The number of rotatable bonds is 6. The molecule has 0 unspecified atom stereocenters. The monoisotopic (exact) mass is 350 g/mol. The van der Waals surface area contributed by atoms with Crippen LogP contribution in [0, 0.1) is 12.3 Å². The lowest BCUT2D eigenvalue weighted by molar-refractivity contribution is -0.116. The third kappa shape index (κ3) is 7.37. The molecule has 0 heterocycles. The second-order valence-electron chi connectivity index (χ2n) is 4.12. The van der Waals surface area contributed by atoms with Crippen LogP contribution in [0.4, 0.5) is 5.69 Å². The van der Waals surface area contributed by atoms with E-state index < -0.39 is 0 Å². The Morgan fingerprint density at radius 1 is 1.33 bits per heavy atom. The number of carbonyl (C=O) groups excluding carboxylic acids is 1. The maximum atomic E-state index is 11.8. The van der Waals surface area contributed by atoms with Gasteiger partial charge in [0, 0.05) is 23.1 Å². The molecule has 0 fully saturated rings. The average molecular weight is 351 g/mol. The summed E-state index contributed by atoms with van der Waals surface area (Å²) in [6, 6.07) is 7.43. The molecule has 0 saturated heterocycles. The van der Waals surface area contributed by atoms with Crippen LogP contribution in [0.2, 0.25) is 0 Å².